The fourth-order valence-electron chi connectivity index (χ4n) is 3.62. The highest BCUT2D eigenvalue weighted by molar-refractivity contribution is 6.35. The van der Waals surface area contributed by atoms with Crippen LogP contribution in [0.1, 0.15) is 5.56 Å². The molecular weight excluding hydrogens is 398 g/mol. The Hall–Kier alpha value is -3.38. The van der Waals surface area contributed by atoms with E-state index < -0.39 is 5.82 Å². The molecule has 0 unspecified atom stereocenters. The molecule has 0 aliphatic carbocycles. The van der Waals surface area contributed by atoms with Crippen LogP contribution in [0, 0.1) is 12.7 Å². The first-order valence-electron chi connectivity index (χ1n) is 9.58. The molecule has 0 spiro atoms. The highest BCUT2D eigenvalue weighted by Gasteiger charge is 2.16. The van der Waals surface area contributed by atoms with E-state index in [-0.39, 0.29) is 5.56 Å². The summed E-state index contributed by atoms with van der Waals surface area (Å²) in [4.78, 5) is 15.8. The number of nitrogens with one attached hydrogen (secondary N) is 2. The molecule has 0 amide bonds. The van der Waals surface area contributed by atoms with E-state index in [1.807, 2.05) is 38.2 Å². The molecule has 5 aromatic rings. The number of nitrogens with zero attached hydrogens (tertiary/aromatic N) is 2. The van der Waals surface area contributed by atoms with Crippen molar-refractivity contribution in [1.29, 1.82) is 0 Å². The Kier molecular flexibility index (Phi) is 4.44. The summed E-state index contributed by atoms with van der Waals surface area (Å²) in [5.74, 6) is 0.834. The highest BCUT2D eigenvalue weighted by Crippen LogP contribution is 2.30. The van der Waals surface area contributed by atoms with Gasteiger partial charge in [-0.05, 0) is 42.3 Å². The molecule has 2 N–H and O–H groups in total. The number of hydrogen-bond acceptors (Lipinski definition) is 2. The summed E-state index contributed by atoms with van der Waals surface area (Å²) < 4.78 is 14.3. The van der Waals surface area contributed by atoms with Gasteiger partial charge < -0.3 is 9.97 Å². The van der Waals surface area contributed by atoms with Crippen LogP contribution in [-0.4, -0.2) is 27.8 Å². The fraction of sp³-hybridized carbons (Fsp3) is 0.0435. The van der Waals surface area contributed by atoms with Crippen LogP contribution in [0.4, 0.5) is 4.39 Å². The number of hydrogen-bond donors (Lipinski definition) is 2. The third-order valence-corrected chi connectivity index (χ3v) is 5.47. The van der Waals surface area contributed by atoms with E-state index in [9.17, 15) is 4.39 Å². The van der Waals surface area contributed by atoms with Crippen molar-refractivity contribution in [3.05, 3.63) is 77.1 Å². The standard InChI is InChI=1S/C23H17BClFN4/c1-12-5-10-17-18(11-12)28-22(27-17)14-8-6-13(7-9-14)20-21(24)30-23(29-20)19-15(25)3-2-4-16(19)26/h2-11H,24H2,1H3,(H,27,28)(H,29,30). The molecule has 0 radical (unpaired) electrons. The van der Waals surface area contributed by atoms with Gasteiger partial charge in [-0.15, -0.1) is 0 Å². The zero-order chi connectivity index (χ0) is 20.8. The fourth-order valence-corrected chi connectivity index (χ4v) is 3.87. The molecule has 0 aliphatic rings. The predicted molar refractivity (Wildman–Crippen MR) is 122 cm³/mol. The minimum absolute atomic E-state index is 0.280. The monoisotopic (exact) mass is 414 g/mol. The van der Waals surface area contributed by atoms with Gasteiger partial charge in [0.25, 0.3) is 0 Å². The molecule has 30 heavy (non-hydrogen) atoms. The number of benzene rings is 3. The van der Waals surface area contributed by atoms with Gasteiger partial charge in [0.1, 0.15) is 17.5 Å². The van der Waals surface area contributed by atoms with E-state index in [1.165, 1.54) is 11.6 Å². The van der Waals surface area contributed by atoms with Crippen LogP contribution >= 0.6 is 11.6 Å². The van der Waals surface area contributed by atoms with Crippen molar-refractivity contribution in [2.24, 2.45) is 0 Å². The lowest BCUT2D eigenvalue weighted by molar-refractivity contribution is 0.630. The first-order chi connectivity index (χ1) is 14.5. The average molecular weight is 415 g/mol. The number of halogens is 2. The molecule has 7 heteroatoms. The second-order valence-corrected chi connectivity index (χ2v) is 7.75. The van der Waals surface area contributed by atoms with Gasteiger partial charge in [0.2, 0.25) is 0 Å². The van der Waals surface area contributed by atoms with Crippen LogP contribution in [-0.2, 0) is 0 Å². The molecule has 0 atom stereocenters. The van der Waals surface area contributed by atoms with Crippen LogP contribution < -0.4 is 5.59 Å². The normalized spacial score (nSPS) is 11.3. The number of aromatic amines is 2. The second-order valence-electron chi connectivity index (χ2n) is 7.34. The Morgan fingerprint density at radius 3 is 2.43 bits per heavy atom. The molecule has 146 valence electrons. The Bertz CT molecular complexity index is 1370. The summed E-state index contributed by atoms with van der Waals surface area (Å²) in [6.07, 6.45) is 0. The summed E-state index contributed by atoms with van der Waals surface area (Å²) >= 11 is 6.19. The second kappa shape index (κ2) is 7.15. The molecule has 2 aromatic heterocycles. The molecule has 5 rings (SSSR count). The smallest absolute Gasteiger partial charge is 0.163 e. The Morgan fingerprint density at radius 2 is 1.67 bits per heavy atom. The number of rotatable bonds is 3. The van der Waals surface area contributed by atoms with Crippen LogP contribution in [0.3, 0.4) is 0 Å². The van der Waals surface area contributed by atoms with E-state index in [0.29, 0.717) is 10.8 Å². The zero-order valence-corrected chi connectivity index (χ0v) is 17.2. The largest absolute Gasteiger partial charge is 0.350 e. The van der Waals surface area contributed by atoms with E-state index >= 15 is 0 Å². The quantitative estimate of drug-likeness (QED) is 0.422. The van der Waals surface area contributed by atoms with Gasteiger partial charge in [0, 0.05) is 11.1 Å². The maximum atomic E-state index is 14.3. The van der Waals surface area contributed by atoms with Gasteiger partial charge in [-0.2, -0.15) is 0 Å². The van der Waals surface area contributed by atoms with Crippen molar-refractivity contribution >= 4 is 36.1 Å². The van der Waals surface area contributed by atoms with E-state index in [1.54, 1.807) is 12.1 Å². The topological polar surface area (TPSA) is 57.4 Å². The van der Waals surface area contributed by atoms with Crippen molar-refractivity contribution in [1.82, 2.24) is 19.9 Å². The molecule has 0 fully saturated rings. The molecular formula is C23H17BClFN4. The summed E-state index contributed by atoms with van der Waals surface area (Å²) in [5, 5.41) is 0.325. The summed E-state index contributed by atoms with van der Waals surface area (Å²) in [6.45, 7) is 2.05. The Morgan fingerprint density at radius 1 is 0.900 bits per heavy atom. The van der Waals surface area contributed by atoms with Crippen LogP contribution in [0.25, 0.3) is 45.1 Å². The van der Waals surface area contributed by atoms with Gasteiger partial charge in [0.15, 0.2) is 7.85 Å². The van der Waals surface area contributed by atoms with Crippen LogP contribution in [0.2, 0.25) is 5.02 Å². The summed E-state index contributed by atoms with van der Waals surface area (Å²) in [7, 11) is 1.91. The lowest BCUT2D eigenvalue weighted by Gasteiger charge is -2.02. The Balaban J connectivity index is 1.50. The van der Waals surface area contributed by atoms with Gasteiger partial charge in [-0.3, -0.25) is 0 Å². The molecule has 0 aliphatic heterocycles. The lowest BCUT2D eigenvalue weighted by atomic mass is 9.97. The van der Waals surface area contributed by atoms with Crippen molar-refractivity contribution in [2.75, 3.05) is 0 Å². The van der Waals surface area contributed by atoms with E-state index in [2.05, 4.69) is 34.0 Å². The zero-order valence-electron chi connectivity index (χ0n) is 16.4. The molecule has 2 heterocycles. The minimum atomic E-state index is -0.404. The van der Waals surface area contributed by atoms with Gasteiger partial charge in [0.05, 0.1) is 27.3 Å². The number of H-pyrrole nitrogens is 2. The number of aryl methyl sites for hydroxylation is 1. The first-order valence-corrected chi connectivity index (χ1v) is 9.95. The first kappa shape index (κ1) is 18.6. The number of aromatic nitrogens is 4. The van der Waals surface area contributed by atoms with Crippen molar-refractivity contribution in [3.63, 3.8) is 0 Å². The molecule has 0 bridgehead atoms. The molecule has 0 saturated heterocycles. The van der Waals surface area contributed by atoms with Gasteiger partial charge in [-0.1, -0.05) is 48.0 Å². The SMILES string of the molecule is Bc1[nH]c(-c2c(F)cccc2Cl)nc1-c1ccc(-c2nc3cc(C)ccc3[nH]2)cc1. The van der Waals surface area contributed by atoms with E-state index in [4.69, 9.17) is 16.6 Å². The maximum Gasteiger partial charge on any atom is 0.163 e. The maximum absolute atomic E-state index is 14.3. The van der Waals surface area contributed by atoms with Crippen LogP contribution in [0.15, 0.2) is 60.7 Å². The average Bonchev–Trinajstić information content (AvgIpc) is 3.31. The van der Waals surface area contributed by atoms with Crippen molar-refractivity contribution in [3.8, 4) is 34.0 Å². The predicted octanol–water partition coefficient (Wildman–Crippen LogP) is 4.65. The third kappa shape index (κ3) is 3.19. The highest BCUT2D eigenvalue weighted by atomic mass is 35.5. The number of fused-ring (bicyclic) bond motifs is 1. The van der Waals surface area contributed by atoms with Crippen molar-refractivity contribution < 1.29 is 4.39 Å². The van der Waals surface area contributed by atoms with Crippen molar-refractivity contribution in [2.45, 2.75) is 6.92 Å². The summed E-state index contributed by atoms with van der Waals surface area (Å²) in [5.41, 5.74) is 6.93. The van der Waals surface area contributed by atoms with E-state index in [0.717, 1.165) is 39.3 Å². The molecule has 4 nitrogen and oxygen atoms in total. The summed E-state index contributed by atoms with van der Waals surface area (Å²) in [6, 6.07) is 18.8. The number of imidazole rings is 2. The third-order valence-electron chi connectivity index (χ3n) is 5.15. The Labute approximate surface area is 178 Å². The van der Waals surface area contributed by atoms with Crippen LogP contribution in [0.5, 0.6) is 0 Å². The van der Waals surface area contributed by atoms with Gasteiger partial charge >= 0.3 is 0 Å². The molecule has 3 aromatic carbocycles. The minimum Gasteiger partial charge on any atom is -0.350 e. The van der Waals surface area contributed by atoms with Gasteiger partial charge in [-0.25, -0.2) is 14.4 Å². The molecule has 0 saturated carbocycles. The lowest BCUT2D eigenvalue weighted by Crippen LogP contribution is -2.06.